The van der Waals surface area contributed by atoms with Crippen molar-refractivity contribution < 1.29 is 0 Å². The molecule has 1 saturated carbocycles. The van der Waals surface area contributed by atoms with Crippen molar-refractivity contribution in [2.75, 3.05) is 13.1 Å². The first-order valence-electron chi connectivity index (χ1n) is 8.59. The molecule has 0 saturated heterocycles. The quantitative estimate of drug-likeness (QED) is 0.639. The van der Waals surface area contributed by atoms with Gasteiger partial charge in [-0.1, -0.05) is 13.8 Å². The second kappa shape index (κ2) is 6.26. The standard InChI is InChI=1S/C16H28N6/c1-4-13-20-14-7-6-12(10-22(14)21-13)19-15(17-5-2)18-11-16(3)8-9-16/h12H,4-11H2,1-3H3,(H2,17,18,19). The van der Waals surface area contributed by atoms with Crippen LogP contribution in [0.5, 0.6) is 0 Å². The Kier molecular flexibility index (Phi) is 4.36. The van der Waals surface area contributed by atoms with Crippen LogP contribution >= 0.6 is 0 Å². The lowest BCUT2D eigenvalue weighted by Gasteiger charge is -2.25. The largest absolute Gasteiger partial charge is 0.357 e. The third-order valence-corrected chi connectivity index (χ3v) is 4.63. The molecule has 0 aromatic carbocycles. The number of nitrogens with zero attached hydrogens (tertiary/aromatic N) is 4. The van der Waals surface area contributed by atoms with Crippen molar-refractivity contribution in [3.8, 4) is 0 Å². The molecule has 1 aliphatic heterocycles. The maximum Gasteiger partial charge on any atom is 0.191 e. The van der Waals surface area contributed by atoms with Gasteiger partial charge in [0, 0.05) is 32.0 Å². The fourth-order valence-electron chi connectivity index (χ4n) is 2.78. The first kappa shape index (κ1) is 15.3. The summed E-state index contributed by atoms with van der Waals surface area (Å²) in [5.41, 5.74) is 0.448. The molecule has 2 aliphatic rings. The molecular weight excluding hydrogens is 276 g/mol. The van der Waals surface area contributed by atoms with Crippen LogP contribution < -0.4 is 10.6 Å². The predicted octanol–water partition coefficient (Wildman–Crippen LogP) is 1.51. The summed E-state index contributed by atoms with van der Waals surface area (Å²) in [7, 11) is 0. The predicted molar refractivity (Wildman–Crippen MR) is 88.0 cm³/mol. The number of hydrogen-bond donors (Lipinski definition) is 2. The fourth-order valence-corrected chi connectivity index (χ4v) is 2.78. The summed E-state index contributed by atoms with van der Waals surface area (Å²) in [4.78, 5) is 9.34. The van der Waals surface area contributed by atoms with Gasteiger partial charge in [0.2, 0.25) is 0 Å². The molecule has 1 fully saturated rings. The molecule has 0 radical (unpaired) electrons. The van der Waals surface area contributed by atoms with Gasteiger partial charge < -0.3 is 10.6 Å². The van der Waals surface area contributed by atoms with E-state index in [1.54, 1.807) is 0 Å². The molecule has 6 heteroatoms. The van der Waals surface area contributed by atoms with Crippen molar-refractivity contribution in [3.63, 3.8) is 0 Å². The van der Waals surface area contributed by atoms with Gasteiger partial charge in [0.15, 0.2) is 11.8 Å². The number of rotatable bonds is 5. The molecule has 0 bridgehead atoms. The second-order valence-electron chi connectivity index (χ2n) is 6.87. The summed E-state index contributed by atoms with van der Waals surface area (Å²) >= 11 is 0. The van der Waals surface area contributed by atoms with E-state index < -0.39 is 0 Å². The van der Waals surface area contributed by atoms with Crippen LogP contribution in [-0.4, -0.2) is 39.9 Å². The van der Waals surface area contributed by atoms with Gasteiger partial charge >= 0.3 is 0 Å². The Morgan fingerprint density at radius 1 is 1.41 bits per heavy atom. The molecule has 1 aromatic heterocycles. The molecule has 122 valence electrons. The molecule has 0 spiro atoms. The Bertz CT molecular complexity index is 543. The number of aryl methyl sites for hydroxylation is 2. The van der Waals surface area contributed by atoms with Gasteiger partial charge in [0.1, 0.15) is 5.82 Å². The zero-order valence-corrected chi connectivity index (χ0v) is 14.0. The maximum absolute atomic E-state index is 4.77. The lowest BCUT2D eigenvalue weighted by Crippen LogP contribution is -2.47. The lowest BCUT2D eigenvalue weighted by molar-refractivity contribution is 0.391. The molecule has 0 amide bonds. The van der Waals surface area contributed by atoms with Crippen LogP contribution in [0.2, 0.25) is 0 Å². The maximum atomic E-state index is 4.77. The van der Waals surface area contributed by atoms with Crippen LogP contribution in [0, 0.1) is 5.41 Å². The SMILES string of the molecule is CCNC(=NCC1(C)CC1)NC1CCc2nc(CC)nn2C1. The topological polar surface area (TPSA) is 67.1 Å². The average molecular weight is 304 g/mol. The lowest BCUT2D eigenvalue weighted by atomic mass is 10.1. The summed E-state index contributed by atoms with van der Waals surface area (Å²) in [6, 6.07) is 0.378. The van der Waals surface area contributed by atoms with Gasteiger partial charge in [-0.15, -0.1) is 0 Å². The number of guanidine groups is 1. The summed E-state index contributed by atoms with van der Waals surface area (Å²) in [6.45, 7) is 9.22. The zero-order chi connectivity index (χ0) is 15.6. The van der Waals surface area contributed by atoms with Crippen molar-refractivity contribution in [2.24, 2.45) is 10.4 Å². The van der Waals surface area contributed by atoms with Crippen molar-refractivity contribution in [1.82, 2.24) is 25.4 Å². The van der Waals surface area contributed by atoms with Crippen LogP contribution in [0.4, 0.5) is 0 Å². The van der Waals surface area contributed by atoms with Gasteiger partial charge in [0.05, 0.1) is 6.54 Å². The minimum absolute atomic E-state index is 0.378. The molecule has 22 heavy (non-hydrogen) atoms. The average Bonchev–Trinajstić information content (AvgIpc) is 3.10. The summed E-state index contributed by atoms with van der Waals surface area (Å²) in [6.07, 6.45) is 5.59. The van der Waals surface area contributed by atoms with Crippen LogP contribution in [0.3, 0.4) is 0 Å². The third kappa shape index (κ3) is 3.59. The smallest absolute Gasteiger partial charge is 0.191 e. The van der Waals surface area contributed by atoms with E-state index in [4.69, 9.17) is 4.99 Å². The molecular formula is C16H28N6. The molecule has 2 N–H and O–H groups in total. The first-order chi connectivity index (χ1) is 10.6. The van der Waals surface area contributed by atoms with Crippen molar-refractivity contribution in [3.05, 3.63) is 11.6 Å². The van der Waals surface area contributed by atoms with Crippen molar-refractivity contribution in [2.45, 2.75) is 65.5 Å². The summed E-state index contributed by atoms with van der Waals surface area (Å²) in [5.74, 6) is 3.03. The summed E-state index contributed by atoms with van der Waals surface area (Å²) < 4.78 is 2.06. The van der Waals surface area contributed by atoms with E-state index in [1.165, 1.54) is 12.8 Å². The molecule has 6 nitrogen and oxygen atoms in total. The highest BCUT2D eigenvalue weighted by Crippen LogP contribution is 2.44. The van der Waals surface area contributed by atoms with E-state index in [1.807, 2.05) is 0 Å². The third-order valence-electron chi connectivity index (χ3n) is 4.63. The fraction of sp³-hybridized carbons (Fsp3) is 0.812. The number of aromatic nitrogens is 3. The van der Waals surface area contributed by atoms with Crippen LogP contribution in [0.25, 0.3) is 0 Å². The second-order valence-corrected chi connectivity index (χ2v) is 6.87. The highest BCUT2D eigenvalue weighted by Gasteiger charge is 2.37. The molecule has 1 atom stereocenters. The minimum atomic E-state index is 0.378. The Hall–Kier alpha value is -1.59. The Labute approximate surface area is 132 Å². The Morgan fingerprint density at radius 3 is 2.91 bits per heavy atom. The molecule has 1 aliphatic carbocycles. The van der Waals surface area contributed by atoms with Gasteiger partial charge in [-0.25, -0.2) is 9.67 Å². The molecule has 1 unspecified atom stereocenters. The van der Waals surface area contributed by atoms with Crippen molar-refractivity contribution >= 4 is 5.96 Å². The molecule has 3 rings (SSSR count). The monoisotopic (exact) mass is 304 g/mol. The highest BCUT2D eigenvalue weighted by molar-refractivity contribution is 5.80. The van der Waals surface area contributed by atoms with E-state index >= 15 is 0 Å². The van der Waals surface area contributed by atoms with Crippen molar-refractivity contribution in [1.29, 1.82) is 0 Å². The highest BCUT2D eigenvalue weighted by atomic mass is 15.4. The number of aliphatic imine (C=N–C) groups is 1. The van der Waals surface area contributed by atoms with E-state index in [9.17, 15) is 0 Å². The van der Waals surface area contributed by atoms with Gasteiger partial charge in [0.25, 0.3) is 0 Å². The Balaban J connectivity index is 1.61. The van der Waals surface area contributed by atoms with Gasteiger partial charge in [-0.05, 0) is 31.6 Å². The molecule has 2 heterocycles. The van der Waals surface area contributed by atoms with E-state index in [2.05, 4.69) is 46.2 Å². The van der Waals surface area contributed by atoms with Gasteiger partial charge in [-0.2, -0.15) is 5.10 Å². The molecule has 1 aromatic rings. The number of hydrogen-bond acceptors (Lipinski definition) is 3. The number of nitrogens with one attached hydrogen (secondary N) is 2. The van der Waals surface area contributed by atoms with Crippen LogP contribution in [0.15, 0.2) is 4.99 Å². The number of fused-ring (bicyclic) bond motifs is 1. The van der Waals surface area contributed by atoms with Gasteiger partial charge in [-0.3, -0.25) is 4.99 Å². The van der Waals surface area contributed by atoms with E-state index in [0.717, 1.165) is 56.5 Å². The summed E-state index contributed by atoms with van der Waals surface area (Å²) in [5, 5.41) is 11.5. The van der Waals surface area contributed by atoms with E-state index in [-0.39, 0.29) is 0 Å². The first-order valence-corrected chi connectivity index (χ1v) is 8.59. The van der Waals surface area contributed by atoms with Crippen LogP contribution in [0.1, 0.15) is 51.7 Å². The van der Waals surface area contributed by atoms with Crippen LogP contribution in [-0.2, 0) is 19.4 Å². The van der Waals surface area contributed by atoms with E-state index in [0.29, 0.717) is 11.5 Å². The normalized spacial score (nSPS) is 23.0. The minimum Gasteiger partial charge on any atom is -0.357 e. The zero-order valence-electron chi connectivity index (χ0n) is 14.0. The Morgan fingerprint density at radius 2 is 2.23 bits per heavy atom.